The highest BCUT2D eigenvalue weighted by molar-refractivity contribution is 5.76. The third kappa shape index (κ3) is 28.2. The Balaban J connectivity index is 1.98. The van der Waals surface area contributed by atoms with Crippen LogP contribution in [-0.2, 0) is 28.5 Å². The van der Waals surface area contributed by atoms with Gasteiger partial charge in [-0.25, -0.2) is 0 Å². The van der Waals surface area contributed by atoms with Crippen LogP contribution < -0.4 is 5.32 Å². The van der Waals surface area contributed by atoms with E-state index in [-0.39, 0.29) is 30.2 Å². The van der Waals surface area contributed by atoms with Crippen LogP contribution in [0.4, 0.5) is 0 Å². The molecule has 1 unspecified atom stereocenters. The summed E-state index contributed by atoms with van der Waals surface area (Å²) in [5.41, 5.74) is 0. The van der Waals surface area contributed by atoms with Crippen LogP contribution in [0.5, 0.6) is 0 Å². The monoisotopic (exact) mass is 835 g/mol. The van der Waals surface area contributed by atoms with Crippen molar-refractivity contribution in [1.82, 2.24) is 10.2 Å². The lowest BCUT2D eigenvalue weighted by Gasteiger charge is -2.37. The fourth-order valence-electron chi connectivity index (χ4n) is 9.05. The van der Waals surface area contributed by atoms with Gasteiger partial charge in [0.25, 0.3) is 0 Å². The van der Waals surface area contributed by atoms with E-state index in [2.05, 4.69) is 37.9 Å². The predicted octanol–water partition coefficient (Wildman–Crippen LogP) is 13.6. The molecule has 59 heavy (non-hydrogen) atoms. The van der Waals surface area contributed by atoms with Crippen molar-refractivity contribution in [1.29, 1.82) is 0 Å². The Morgan fingerprint density at radius 2 is 1.12 bits per heavy atom. The molecule has 348 valence electrons. The fraction of sp³-hybridized carbons (Fsp3) is 0.961. The highest BCUT2D eigenvalue weighted by Gasteiger charge is 2.37. The van der Waals surface area contributed by atoms with Crippen LogP contribution in [0.1, 0.15) is 252 Å². The van der Waals surface area contributed by atoms with Crippen LogP contribution in [0, 0.1) is 0 Å². The molecule has 2 aliphatic heterocycles. The van der Waals surface area contributed by atoms with Gasteiger partial charge in [-0.05, 0) is 70.9 Å². The van der Waals surface area contributed by atoms with E-state index < -0.39 is 5.79 Å². The van der Waals surface area contributed by atoms with Gasteiger partial charge in [0.05, 0.1) is 18.8 Å². The summed E-state index contributed by atoms with van der Waals surface area (Å²) < 4.78 is 25.7. The first kappa shape index (κ1) is 53.9. The summed E-state index contributed by atoms with van der Waals surface area (Å²) in [6.07, 6.45) is 39.6. The Labute approximate surface area is 365 Å². The average molecular weight is 835 g/mol. The van der Waals surface area contributed by atoms with E-state index in [4.69, 9.17) is 18.9 Å². The van der Waals surface area contributed by atoms with Gasteiger partial charge in [0.2, 0.25) is 5.79 Å². The predicted molar refractivity (Wildman–Crippen MR) is 247 cm³/mol. The van der Waals surface area contributed by atoms with Crippen LogP contribution in [0.2, 0.25) is 0 Å². The maximum absolute atomic E-state index is 13.8. The van der Waals surface area contributed by atoms with Gasteiger partial charge in [-0.15, -0.1) is 0 Å². The number of unbranched alkanes of at least 4 members (excludes halogenated alkanes) is 21. The van der Waals surface area contributed by atoms with Crippen LogP contribution in [0.25, 0.3) is 0 Å². The zero-order valence-electron chi connectivity index (χ0n) is 39.6. The molecule has 2 fully saturated rings. The van der Waals surface area contributed by atoms with Crippen molar-refractivity contribution in [2.45, 2.75) is 276 Å². The maximum atomic E-state index is 13.8. The van der Waals surface area contributed by atoms with Crippen molar-refractivity contribution in [3.63, 3.8) is 0 Å². The standard InChI is InChI=1S/C51H98N2O6/c1-5-9-13-17-21-25-34-46(35-26-22-18-14-10-6-2)58-51(37-28-23-19-15-11-7-3,38-29-24-20-16-12-8-4)59-49(54)36-27-32-42-57-50(55)48-44-47(45-52-48)56-43-33-41-53-39-30-31-40-53/h46-48,52H,5-45H2,1-4H3/t47?,48-/m0/s1. The molecular weight excluding hydrogens is 737 g/mol. The molecule has 2 heterocycles. The van der Waals surface area contributed by atoms with Crippen molar-refractivity contribution in [2.75, 3.05) is 39.4 Å². The molecule has 0 amide bonds. The summed E-state index contributed by atoms with van der Waals surface area (Å²) in [4.78, 5) is 29.2. The van der Waals surface area contributed by atoms with Gasteiger partial charge in [0.1, 0.15) is 6.04 Å². The van der Waals surface area contributed by atoms with E-state index in [0.29, 0.717) is 38.8 Å². The topological polar surface area (TPSA) is 86.3 Å². The largest absolute Gasteiger partial charge is 0.465 e. The fourth-order valence-corrected chi connectivity index (χ4v) is 9.05. The van der Waals surface area contributed by atoms with E-state index in [1.54, 1.807) is 0 Å². The van der Waals surface area contributed by atoms with Gasteiger partial charge in [-0.1, -0.05) is 169 Å². The minimum atomic E-state index is -0.852. The highest BCUT2D eigenvalue weighted by Crippen LogP contribution is 2.34. The normalized spacial score (nSPS) is 17.4. The zero-order chi connectivity index (χ0) is 42.5. The first-order valence-electron chi connectivity index (χ1n) is 26.1. The summed E-state index contributed by atoms with van der Waals surface area (Å²) in [7, 11) is 0. The van der Waals surface area contributed by atoms with Gasteiger partial charge >= 0.3 is 11.9 Å². The Bertz CT molecular complexity index is 942. The van der Waals surface area contributed by atoms with Crippen molar-refractivity contribution < 1.29 is 28.5 Å². The van der Waals surface area contributed by atoms with Gasteiger partial charge < -0.3 is 29.2 Å². The van der Waals surface area contributed by atoms with E-state index in [1.165, 1.54) is 154 Å². The lowest BCUT2D eigenvalue weighted by Crippen LogP contribution is -2.42. The van der Waals surface area contributed by atoms with Crippen LogP contribution in [0.15, 0.2) is 0 Å². The molecule has 2 atom stereocenters. The number of likely N-dealkylation sites (tertiary alicyclic amines) is 1. The molecule has 0 saturated carbocycles. The summed E-state index contributed by atoms with van der Waals surface area (Å²) in [5.74, 6) is -1.22. The second-order valence-electron chi connectivity index (χ2n) is 18.5. The number of hydrogen-bond donors (Lipinski definition) is 1. The summed E-state index contributed by atoms with van der Waals surface area (Å²) in [5, 5.41) is 3.30. The van der Waals surface area contributed by atoms with E-state index in [0.717, 1.165) is 70.9 Å². The molecule has 0 bridgehead atoms. The zero-order valence-corrected chi connectivity index (χ0v) is 39.6. The third-order valence-electron chi connectivity index (χ3n) is 12.8. The van der Waals surface area contributed by atoms with Crippen molar-refractivity contribution in [3.8, 4) is 0 Å². The summed E-state index contributed by atoms with van der Waals surface area (Å²) >= 11 is 0. The van der Waals surface area contributed by atoms with Gasteiger partial charge in [-0.2, -0.15) is 0 Å². The number of esters is 2. The minimum Gasteiger partial charge on any atom is -0.465 e. The van der Waals surface area contributed by atoms with Crippen molar-refractivity contribution in [3.05, 3.63) is 0 Å². The number of rotatable bonds is 42. The smallest absolute Gasteiger partial charge is 0.323 e. The molecule has 0 aromatic rings. The van der Waals surface area contributed by atoms with E-state index in [1.807, 2.05) is 0 Å². The molecule has 0 aliphatic carbocycles. The Morgan fingerprint density at radius 3 is 1.66 bits per heavy atom. The summed E-state index contributed by atoms with van der Waals surface area (Å²) in [6, 6.07) is -0.314. The SMILES string of the molecule is CCCCCCCCC(CCCCCCCC)OC(CCCCCCCC)(CCCCCCCC)OC(=O)CCCCOC(=O)[C@@H]1CC(OCCCN2CCCC2)CN1. The number of nitrogens with one attached hydrogen (secondary N) is 1. The Hall–Kier alpha value is -1.22. The Kier molecular flexibility index (Phi) is 34.1. The molecular formula is C51H98N2O6. The second kappa shape index (κ2) is 37.3. The molecule has 2 aliphatic rings. The molecule has 2 saturated heterocycles. The van der Waals surface area contributed by atoms with Crippen LogP contribution >= 0.6 is 0 Å². The number of hydrogen-bond acceptors (Lipinski definition) is 8. The van der Waals surface area contributed by atoms with Crippen molar-refractivity contribution in [2.24, 2.45) is 0 Å². The number of ether oxygens (including phenoxy) is 4. The first-order valence-corrected chi connectivity index (χ1v) is 26.1. The third-order valence-corrected chi connectivity index (χ3v) is 12.8. The Morgan fingerprint density at radius 1 is 0.610 bits per heavy atom. The molecule has 0 aromatic heterocycles. The van der Waals surface area contributed by atoms with Crippen LogP contribution in [0.3, 0.4) is 0 Å². The number of carbonyl (C=O) groups is 2. The number of nitrogens with zero attached hydrogens (tertiary/aromatic N) is 1. The first-order chi connectivity index (χ1) is 28.9. The maximum Gasteiger partial charge on any atom is 0.323 e. The number of carbonyl (C=O) groups excluding carboxylic acids is 2. The van der Waals surface area contributed by atoms with Gasteiger partial charge in [-0.3, -0.25) is 9.59 Å². The van der Waals surface area contributed by atoms with E-state index >= 15 is 0 Å². The summed E-state index contributed by atoms with van der Waals surface area (Å²) in [6.45, 7) is 14.4. The molecule has 2 rings (SSSR count). The van der Waals surface area contributed by atoms with Crippen LogP contribution in [-0.4, -0.2) is 80.3 Å². The van der Waals surface area contributed by atoms with Crippen molar-refractivity contribution >= 4 is 11.9 Å². The molecule has 0 spiro atoms. The molecule has 1 N–H and O–H groups in total. The molecule has 0 aromatic carbocycles. The van der Waals surface area contributed by atoms with Gasteiger partial charge in [0, 0.05) is 45.4 Å². The van der Waals surface area contributed by atoms with E-state index in [9.17, 15) is 9.59 Å². The quantitative estimate of drug-likeness (QED) is 0.0370. The second-order valence-corrected chi connectivity index (χ2v) is 18.5. The highest BCUT2D eigenvalue weighted by atomic mass is 16.7. The molecule has 8 heteroatoms. The average Bonchev–Trinajstić information content (AvgIpc) is 3.94. The van der Waals surface area contributed by atoms with Gasteiger partial charge in [0.15, 0.2) is 0 Å². The lowest BCUT2D eigenvalue weighted by atomic mass is 9.97. The lowest BCUT2D eigenvalue weighted by molar-refractivity contribution is -0.259. The molecule has 0 radical (unpaired) electrons. The minimum absolute atomic E-state index is 0.0623. The molecule has 8 nitrogen and oxygen atoms in total.